The van der Waals surface area contributed by atoms with E-state index in [0.717, 1.165) is 48.5 Å². The second kappa shape index (κ2) is 7.97. The standard InChI is InChI=1S/C19H20N6O2S/c1-12-18(28-24-22-12)19(27)21-14-4-6-15(7-5-14)25-17(26)9-8-16(23-25)13-3-2-10-20-11-13/h2-3,8-11,14-15H,4-7H2,1H3,(H,21,27). The highest BCUT2D eigenvalue weighted by Crippen LogP contribution is 2.28. The minimum atomic E-state index is -0.121. The van der Waals surface area contributed by atoms with E-state index >= 15 is 0 Å². The van der Waals surface area contributed by atoms with Gasteiger partial charge in [-0.3, -0.25) is 14.6 Å². The third kappa shape index (κ3) is 3.84. The number of nitrogens with one attached hydrogen (secondary N) is 1. The first-order valence-electron chi connectivity index (χ1n) is 9.22. The van der Waals surface area contributed by atoms with Gasteiger partial charge < -0.3 is 5.32 Å². The van der Waals surface area contributed by atoms with Gasteiger partial charge in [0.25, 0.3) is 11.5 Å². The zero-order chi connectivity index (χ0) is 19.5. The Morgan fingerprint density at radius 2 is 2.04 bits per heavy atom. The number of aromatic nitrogens is 5. The highest BCUT2D eigenvalue weighted by atomic mass is 32.1. The molecule has 3 aromatic rings. The van der Waals surface area contributed by atoms with Crippen molar-refractivity contribution in [3.63, 3.8) is 0 Å². The summed E-state index contributed by atoms with van der Waals surface area (Å²) >= 11 is 1.11. The summed E-state index contributed by atoms with van der Waals surface area (Å²) in [5.41, 5.74) is 2.16. The first-order valence-corrected chi connectivity index (χ1v) is 9.99. The Kier molecular flexibility index (Phi) is 5.25. The van der Waals surface area contributed by atoms with Gasteiger partial charge in [-0.05, 0) is 62.3 Å². The Bertz CT molecular complexity index is 1020. The van der Waals surface area contributed by atoms with E-state index in [1.807, 2.05) is 12.1 Å². The maximum Gasteiger partial charge on any atom is 0.267 e. The molecule has 0 spiro atoms. The predicted octanol–water partition coefficient (Wildman–Crippen LogP) is 2.38. The van der Waals surface area contributed by atoms with Crippen molar-refractivity contribution in [3.8, 4) is 11.3 Å². The maximum atomic E-state index is 12.4. The van der Waals surface area contributed by atoms with Crippen LogP contribution in [0.4, 0.5) is 0 Å². The lowest BCUT2D eigenvalue weighted by Crippen LogP contribution is -2.39. The molecule has 0 aliphatic heterocycles. The molecule has 1 N–H and O–H groups in total. The van der Waals surface area contributed by atoms with Crippen molar-refractivity contribution < 1.29 is 4.79 Å². The molecule has 0 bridgehead atoms. The summed E-state index contributed by atoms with van der Waals surface area (Å²) in [6.07, 6.45) is 6.61. The van der Waals surface area contributed by atoms with Crippen LogP contribution < -0.4 is 10.9 Å². The summed E-state index contributed by atoms with van der Waals surface area (Å²) in [5, 5.41) is 11.5. The van der Waals surface area contributed by atoms with Crippen molar-refractivity contribution >= 4 is 17.4 Å². The smallest absolute Gasteiger partial charge is 0.267 e. The van der Waals surface area contributed by atoms with Gasteiger partial charge in [-0.2, -0.15) is 5.10 Å². The maximum absolute atomic E-state index is 12.4. The number of hydrogen-bond donors (Lipinski definition) is 1. The lowest BCUT2D eigenvalue weighted by Gasteiger charge is -2.29. The average molecular weight is 396 g/mol. The second-order valence-electron chi connectivity index (χ2n) is 6.91. The van der Waals surface area contributed by atoms with E-state index in [0.29, 0.717) is 10.6 Å². The number of carbonyl (C=O) groups excluding carboxylic acids is 1. The summed E-state index contributed by atoms with van der Waals surface area (Å²) in [4.78, 5) is 29.4. The van der Waals surface area contributed by atoms with Crippen LogP contribution in [-0.4, -0.2) is 36.3 Å². The average Bonchev–Trinajstić information content (AvgIpc) is 3.16. The first-order chi connectivity index (χ1) is 13.6. The van der Waals surface area contributed by atoms with Crippen molar-refractivity contribution in [3.05, 3.63) is 57.6 Å². The van der Waals surface area contributed by atoms with E-state index in [1.54, 1.807) is 36.1 Å². The van der Waals surface area contributed by atoms with E-state index in [4.69, 9.17) is 0 Å². The van der Waals surface area contributed by atoms with Crippen LogP contribution in [0, 0.1) is 6.92 Å². The van der Waals surface area contributed by atoms with E-state index in [9.17, 15) is 9.59 Å². The molecular weight excluding hydrogens is 376 g/mol. The zero-order valence-corrected chi connectivity index (χ0v) is 16.2. The quantitative estimate of drug-likeness (QED) is 0.726. The number of nitrogens with zero attached hydrogens (tertiary/aromatic N) is 5. The molecule has 1 saturated carbocycles. The van der Waals surface area contributed by atoms with Crippen LogP contribution in [0.1, 0.15) is 47.1 Å². The fourth-order valence-corrected chi connectivity index (χ4v) is 4.07. The van der Waals surface area contributed by atoms with Crippen molar-refractivity contribution in [2.75, 3.05) is 0 Å². The molecular formula is C19H20N6O2S. The van der Waals surface area contributed by atoms with Gasteiger partial charge in [-0.25, -0.2) is 4.68 Å². The summed E-state index contributed by atoms with van der Waals surface area (Å²) in [5.74, 6) is -0.121. The molecule has 1 amide bonds. The molecule has 28 heavy (non-hydrogen) atoms. The van der Waals surface area contributed by atoms with Crippen molar-refractivity contribution in [2.45, 2.75) is 44.7 Å². The fraction of sp³-hybridized carbons (Fsp3) is 0.368. The summed E-state index contributed by atoms with van der Waals surface area (Å²) in [6.45, 7) is 1.78. The molecule has 0 radical (unpaired) electrons. The van der Waals surface area contributed by atoms with Gasteiger partial charge in [-0.15, -0.1) is 5.10 Å². The molecule has 144 valence electrons. The lowest BCUT2D eigenvalue weighted by atomic mass is 9.91. The topological polar surface area (TPSA) is 103 Å². The van der Waals surface area contributed by atoms with Crippen molar-refractivity contribution in [2.24, 2.45) is 0 Å². The van der Waals surface area contributed by atoms with Crippen LogP contribution in [-0.2, 0) is 0 Å². The number of carbonyl (C=O) groups is 1. The molecule has 1 fully saturated rings. The van der Waals surface area contributed by atoms with Gasteiger partial charge >= 0.3 is 0 Å². The Morgan fingerprint density at radius 1 is 1.21 bits per heavy atom. The van der Waals surface area contributed by atoms with Crippen LogP contribution in [0.5, 0.6) is 0 Å². The van der Waals surface area contributed by atoms with Gasteiger partial charge in [0, 0.05) is 30.1 Å². The molecule has 4 rings (SSSR count). The Labute approximate surface area is 165 Å². The second-order valence-corrected chi connectivity index (χ2v) is 7.66. The third-order valence-corrected chi connectivity index (χ3v) is 5.84. The lowest BCUT2D eigenvalue weighted by molar-refractivity contribution is 0.0924. The van der Waals surface area contributed by atoms with Crippen molar-refractivity contribution in [1.82, 2.24) is 29.7 Å². The van der Waals surface area contributed by atoms with Crippen molar-refractivity contribution in [1.29, 1.82) is 0 Å². The van der Waals surface area contributed by atoms with E-state index in [-0.39, 0.29) is 23.6 Å². The SMILES string of the molecule is Cc1nnsc1C(=O)NC1CCC(n2nc(-c3cccnc3)ccc2=O)CC1. The Morgan fingerprint density at radius 3 is 2.71 bits per heavy atom. The molecule has 1 aliphatic carbocycles. The monoisotopic (exact) mass is 396 g/mol. The molecule has 8 nitrogen and oxygen atoms in total. The molecule has 1 aliphatic rings. The summed E-state index contributed by atoms with van der Waals surface area (Å²) in [7, 11) is 0. The molecule has 3 heterocycles. The van der Waals surface area contributed by atoms with Gasteiger partial charge in [-0.1, -0.05) is 4.49 Å². The molecule has 0 atom stereocenters. The van der Waals surface area contributed by atoms with Crippen LogP contribution in [0.2, 0.25) is 0 Å². The predicted molar refractivity (Wildman–Crippen MR) is 105 cm³/mol. The zero-order valence-electron chi connectivity index (χ0n) is 15.4. The summed E-state index contributed by atoms with van der Waals surface area (Å²) in [6, 6.07) is 7.18. The highest BCUT2D eigenvalue weighted by Gasteiger charge is 2.26. The number of pyridine rings is 1. The van der Waals surface area contributed by atoms with Crippen LogP contribution in [0.25, 0.3) is 11.3 Å². The largest absolute Gasteiger partial charge is 0.348 e. The Balaban J connectivity index is 1.43. The Hall–Kier alpha value is -2.94. The molecule has 0 saturated heterocycles. The van der Waals surface area contributed by atoms with E-state index in [2.05, 4.69) is 25.0 Å². The minimum Gasteiger partial charge on any atom is -0.348 e. The van der Waals surface area contributed by atoms with Gasteiger partial charge in [0.15, 0.2) is 0 Å². The number of aryl methyl sites for hydroxylation is 1. The van der Waals surface area contributed by atoms with Gasteiger partial charge in [0.05, 0.1) is 17.4 Å². The van der Waals surface area contributed by atoms with E-state index in [1.165, 1.54) is 0 Å². The third-order valence-electron chi connectivity index (χ3n) is 5.02. The normalized spacial score (nSPS) is 19.3. The summed E-state index contributed by atoms with van der Waals surface area (Å²) < 4.78 is 5.39. The molecule has 9 heteroatoms. The number of amides is 1. The first kappa shape index (κ1) is 18.4. The molecule has 3 aromatic heterocycles. The molecule has 0 unspecified atom stereocenters. The van der Waals surface area contributed by atoms with Crippen LogP contribution in [0.15, 0.2) is 41.5 Å². The molecule has 0 aromatic carbocycles. The highest BCUT2D eigenvalue weighted by molar-refractivity contribution is 7.08. The van der Waals surface area contributed by atoms with Gasteiger partial charge in [0.2, 0.25) is 0 Å². The van der Waals surface area contributed by atoms with Gasteiger partial charge in [0.1, 0.15) is 4.88 Å². The van der Waals surface area contributed by atoms with E-state index < -0.39 is 0 Å². The minimum absolute atomic E-state index is 0.0316. The number of hydrogen-bond acceptors (Lipinski definition) is 7. The van der Waals surface area contributed by atoms with Crippen LogP contribution in [0.3, 0.4) is 0 Å². The fourth-order valence-electron chi connectivity index (χ4n) is 3.51. The number of rotatable bonds is 4. The van der Waals surface area contributed by atoms with Crippen LogP contribution >= 0.6 is 11.5 Å².